The molecule has 0 aliphatic carbocycles. The third kappa shape index (κ3) is 3.40. The van der Waals surface area contributed by atoms with Crippen molar-refractivity contribution in [2.75, 3.05) is 24.3 Å². The molecule has 118 valence electrons. The number of amides is 1. The van der Waals surface area contributed by atoms with Crippen molar-refractivity contribution in [1.82, 2.24) is 9.97 Å². The molecule has 7 heteroatoms. The van der Waals surface area contributed by atoms with Gasteiger partial charge in [0.15, 0.2) is 0 Å². The molecular formula is C16H16N4OS2. The molecule has 0 saturated heterocycles. The number of hydrogen-bond donors (Lipinski definition) is 1. The van der Waals surface area contributed by atoms with Crippen molar-refractivity contribution in [2.24, 2.45) is 0 Å². The zero-order valence-electron chi connectivity index (χ0n) is 13.0. The Morgan fingerprint density at radius 3 is 2.70 bits per heavy atom. The molecule has 0 fully saturated rings. The van der Waals surface area contributed by atoms with Crippen LogP contribution < -0.4 is 10.2 Å². The Morgan fingerprint density at radius 1 is 1.26 bits per heavy atom. The second-order valence-corrected chi connectivity index (χ2v) is 7.11. The summed E-state index contributed by atoms with van der Waals surface area (Å²) in [5, 5.41) is 5.76. The number of hydrogen-bond acceptors (Lipinski definition) is 6. The van der Waals surface area contributed by atoms with Crippen LogP contribution in [0.2, 0.25) is 0 Å². The van der Waals surface area contributed by atoms with E-state index in [1.165, 1.54) is 11.3 Å². The lowest BCUT2D eigenvalue weighted by Crippen LogP contribution is -2.13. The minimum absolute atomic E-state index is 0.151. The number of carbonyl (C=O) groups is 1. The molecule has 0 aliphatic heterocycles. The molecule has 0 atom stereocenters. The Hall–Kier alpha value is -2.25. The maximum atomic E-state index is 12.5. The number of rotatable bonds is 4. The SMILES string of the molecule is Cc1nc(-c2cccs2)sc1C(=O)Nc1ccc(N(C)C)nc1. The first kappa shape index (κ1) is 15.6. The quantitative estimate of drug-likeness (QED) is 0.780. The Balaban J connectivity index is 1.78. The molecule has 0 unspecified atom stereocenters. The van der Waals surface area contributed by atoms with Crippen LogP contribution >= 0.6 is 22.7 Å². The fraction of sp³-hybridized carbons (Fsp3) is 0.188. The zero-order chi connectivity index (χ0) is 16.4. The van der Waals surface area contributed by atoms with Crippen LogP contribution in [0.1, 0.15) is 15.4 Å². The second kappa shape index (κ2) is 6.47. The fourth-order valence-corrected chi connectivity index (χ4v) is 3.78. The maximum absolute atomic E-state index is 12.5. The van der Waals surface area contributed by atoms with Crippen LogP contribution in [-0.2, 0) is 0 Å². The van der Waals surface area contributed by atoms with E-state index in [0.29, 0.717) is 10.6 Å². The molecule has 0 aliphatic rings. The summed E-state index contributed by atoms with van der Waals surface area (Å²) in [5.41, 5.74) is 1.42. The first-order valence-electron chi connectivity index (χ1n) is 7.00. The van der Waals surface area contributed by atoms with Crippen LogP contribution in [0.5, 0.6) is 0 Å². The van der Waals surface area contributed by atoms with Crippen molar-refractivity contribution in [1.29, 1.82) is 0 Å². The molecule has 0 aromatic carbocycles. The summed E-state index contributed by atoms with van der Waals surface area (Å²) < 4.78 is 0. The van der Waals surface area contributed by atoms with Crippen LogP contribution in [0, 0.1) is 6.92 Å². The summed E-state index contributed by atoms with van der Waals surface area (Å²) in [6.45, 7) is 1.86. The number of thiophene rings is 1. The minimum Gasteiger partial charge on any atom is -0.363 e. The van der Waals surface area contributed by atoms with Gasteiger partial charge in [-0.1, -0.05) is 6.07 Å². The van der Waals surface area contributed by atoms with E-state index in [4.69, 9.17) is 0 Å². The fourth-order valence-electron chi connectivity index (χ4n) is 2.03. The van der Waals surface area contributed by atoms with Crippen LogP contribution in [0.3, 0.4) is 0 Å². The van der Waals surface area contributed by atoms with Gasteiger partial charge in [0.25, 0.3) is 5.91 Å². The Morgan fingerprint density at radius 2 is 2.09 bits per heavy atom. The van der Waals surface area contributed by atoms with Gasteiger partial charge in [-0.15, -0.1) is 22.7 Å². The number of nitrogens with zero attached hydrogens (tertiary/aromatic N) is 3. The highest BCUT2D eigenvalue weighted by Gasteiger charge is 2.17. The normalized spacial score (nSPS) is 10.6. The third-order valence-electron chi connectivity index (χ3n) is 3.20. The molecule has 5 nitrogen and oxygen atoms in total. The summed E-state index contributed by atoms with van der Waals surface area (Å²) in [6, 6.07) is 7.70. The number of pyridine rings is 1. The average Bonchev–Trinajstić information content (AvgIpc) is 3.16. The average molecular weight is 344 g/mol. The van der Waals surface area contributed by atoms with Crippen LogP contribution in [0.15, 0.2) is 35.8 Å². The summed E-state index contributed by atoms with van der Waals surface area (Å²) in [6.07, 6.45) is 1.66. The largest absolute Gasteiger partial charge is 0.363 e. The molecule has 3 heterocycles. The highest BCUT2D eigenvalue weighted by molar-refractivity contribution is 7.22. The summed E-state index contributed by atoms with van der Waals surface area (Å²) in [5.74, 6) is 0.694. The Kier molecular flexibility index (Phi) is 4.40. The number of aryl methyl sites for hydroxylation is 1. The van der Waals surface area contributed by atoms with Crippen molar-refractivity contribution in [2.45, 2.75) is 6.92 Å². The van der Waals surface area contributed by atoms with Gasteiger partial charge in [-0.05, 0) is 30.5 Å². The molecular weight excluding hydrogens is 328 g/mol. The number of anilines is 2. The summed E-state index contributed by atoms with van der Waals surface area (Å²) in [7, 11) is 3.85. The zero-order valence-corrected chi connectivity index (χ0v) is 14.7. The maximum Gasteiger partial charge on any atom is 0.267 e. The van der Waals surface area contributed by atoms with Gasteiger partial charge in [0.1, 0.15) is 15.7 Å². The molecule has 0 saturated carbocycles. The lowest BCUT2D eigenvalue weighted by molar-refractivity contribution is 0.103. The first-order chi connectivity index (χ1) is 11.0. The Bertz CT molecular complexity index is 807. The molecule has 23 heavy (non-hydrogen) atoms. The van der Waals surface area contributed by atoms with Crippen LogP contribution in [-0.4, -0.2) is 30.0 Å². The van der Waals surface area contributed by atoms with E-state index in [1.54, 1.807) is 17.5 Å². The highest BCUT2D eigenvalue weighted by atomic mass is 32.1. The van der Waals surface area contributed by atoms with Gasteiger partial charge in [-0.2, -0.15) is 0 Å². The topological polar surface area (TPSA) is 58.1 Å². The van der Waals surface area contributed by atoms with Gasteiger partial charge in [0.05, 0.1) is 22.5 Å². The van der Waals surface area contributed by atoms with Crippen molar-refractivity contribution in [3.63, 3.8) is 0 Å². The Labute approximate surface area is 142 Å². The lowest BCUT2D eigenvalue weighted by Gasteiger charge is -2.11. The third-order valence-corrected chi connectivity index (χ3v) is 5.39. The van der Waals surface area contributed by atoms with Crippen molar-refractivity contribution < 1.29 is 4.79 Å². The van der Waals surface area contributed by atoms with Gasteiger partial charge in [0, 0.05) is 14.1 Å². The molecule has 3 aromatic rings. The molecule has 3 rings (SSSR count). The lowest BCUT2D eigenvalue weighted by atomic mass is 10.3. The predicted octanol–water partition coefficient (Wildman–Crippen LogP) is 3.89. The molecule has 0 spiro atoms. The molecule has 3 aromatic heterocycles. The highest BCUT2D eigenvalue weighted by Crippen LogP contribution is 2.31. The monoisotopic (exact) mass is 344 g/mol. The van der Waals surface area contributed by atoms with Crippen LogP contribution in [0.4, 0.5) is 11.5 Å². The van der Waals surface area contributed by atoms with E-state index in [2.05, 4.69) is 15.3 Å². The van der Waals surface area contributed by atoms with E-state index >= 15 is 0 Å². The molecule has 1 amide bonds. The van der Waals surface area contributed by atoms with Gasteiger partial charge in [0.2, 0.25) is 0 Å². The first-order valence-corrected chi connectivity index (χ1v) is 8.70. The number of thiazole rings is 1. The predicted molar refractivity (Wildman–Crippen MR) is 96.7 cm³/mol. The van der Waals surface area contributed by atoms with E-state index in [1.807, 2.05) is 55.6 Å². The van der Waals surface area contributed by atoms with Crippen molar-refractivity contribution in [3.8, 4) is 9.88 Å². The molecule has 1 N–H and O–H groups in total. The smallest absolute Gasteiger partial charge is 0.267 e. The van der Waals surface area contributed by atoms with E-state index in [0.717, 1.165) is 21.4 Å². The van der Waals surface area contributed by atoms with Gasteiger partial charge in [-0.25, -0.2) is 9.97 Å². The van der Waals surface area contributed by atoms with E-state index < -0.39 is 0 Å². The minimum atomic E-state index is -0.151. The van der Waals surface area contributed by atoms with Crippen molar-refractivity contribution >= 4 is 40.1 Å². The van der Waals surface area contributed by atoms with E-state index in [-0.39, 0.29) is 5.91 Å². The van der Waals surface area contributed by atoms with E-state index in [9.17, 15) is 4.79 Å². The standard InChI is InChI=1S/C16H16N4OS2/c1-10-14(23-16(18-10)12-5-4-8-22-12)15(21)19-11-6-7-13(17-9-11)20(2)3/h4-9H,1-3H3,(H,19,21). The number of aromatic nitrogens is 2. The van der Waals surface area contributed by atoms with Gasteiger partial charge < -0.3 is 10.2 Å². The van der Waals surface area contributed by atoms with Crippen molar-refractivity contribution in [3.05, 3.63) is 46.4 Å². The number of nitrogens with one attached hydrogen (secondary N) is 1. The summed E-state index contributed by atoms with van der Waals surface area (Å²) >= 11 is 3.03. The number of carbonyl (C=O) groups excluding carboxylic acids is 1. The summed E-state index contributed by atoms with van der Waals surface area (Å²) in [4.78, 5) is 24.9. The van der Waals surface area contributed by atoms with Gasteiger partial charge in [-0.3, -0.25) is 4.79 Å². The van der Waals surface area contributed by atoms with Gasteiger partial charge >= 0.3 is 0 Å². The second-order valence-electron chi connectivity index (χ2n) is 5.16. The molecule has 0 radical (unpaired) electrons. The molecule has 0 bridgehead atoms. The van der Waals surface area contributed by atoms with Crippen LogP contribution in [0.25, 0.3) is 9.88 Å².